The van der Waals surface area contributed by atoms with Crippen LogP contribution in [-0.4, -0.2) is 20.4 Å². The number of thiophene rings is 1. The maximum atomic E-state index is 12.7. The summed E-state index contributed by atoms with van der Waals surface area (Å²) in [5.74, 6) is 1.24. The lowest BCUT2D eigenvalue weighted by molar-refractivity contribution is 0.102. The van der Waals surface area contributed by atoms with Crippen LogP contribution in [0.1, 0.15) is 21.7 Å². The minimum atomic E-state index is -0.153. The maximum Gasteiger partial charge on any atom is 0.257 e. The van der Waals surface area contributed by atoms with Crippen LogP contribution < -0.4 is 5.32 Å². The van der Waals surface area contributed by atoms with E-state index in [1.165, 1.54) is 11.3 Å². The van der Waals surface area contributed by atoms with E-state index in [-0.39, 0.29) is 5.91 Å². The Hall–Kier alpha value is -2.77. The molecule has 0 spiro atoms. The third-order valence-electron chi connectivity index (χ3n) is 4.03. The Bertz CT molecular complexity index is 1060. The summed E-state index contributed by atoms with van der Waals surface area (Å²) in [6.45, 7) is 3.82. The van der Waals surface area contributed by atoms with E-state index in [0.717, 1.165) is 27.1 Å². The van der Waals surface area contributed by atoms with Gasteiger partial charge in [-0.1, -0.05) is 24.3 Å². The van der Waals surface area contributed by atoms with Gasteiger partial charge in [0.2, 0.25) is 0 Å². The van der Waals surface area contributed by atoms with Gasteiger partial charge in [0.1, 0.15) is 11.6 Å². The zero-order valence-corrected chi connectivity index (χ0v) is 15.9. The minimum Gasteiger partial charge on any atom is -0.306 e. The molecule has 0 atom stereocenters. The van der Waals surface area contributed by atoms with E-state index in [1.807, 2.05) is 65.6 Å². The summed E-state index contributed by atoms with van der Waals surface area (Å²) in [7, 11) is 0. The summed E-state index contributed by atoms with van der Waals surface area (Å²) in [6, 6.07) is 11.6. The highest BCUT2D eigenvalue weighted by molar-refractivity contribution is 7.15. The molecular weight excluding hydrogens is 364 g/mol. The molecule has 130 valence electrons. The highest BCUT2D eigenvalue weighted by Crippen LogP contribution is 2.30. The number of amides is 1. The van der Waals surface area contributed by atoms with Gasteiger partial charge in [-0.3, -0.25) is 9.36 Å². The van der Waals surface area contributed by atoms with Crippen molar-refractivity contribution in [3.05, 3.63) is 70.3 Å². The predicted octanol–water partition coefficient (Wildman–Crippen LogP) is 4.93. The number of hydrogen-bond donors (Lipinski definition) is 1. The number of imidazole rings is 1. The Morgan fingerprint density at radius 1 is 1.12 bits per heavy atom. The number of aromatic nitrogens is 3. The van der Waals surface area contributed by atoms with Gasteiger partial charge in [0.15, 0.2) is 5.13 Å². The molecule has 3 aromatic heterocycles. The molecule has 1 aromatic carbocycles. The first-order valence-corrected chi connectivity index (χ1v) is 9.80. The average Bonchev–Trinajstić information content (AvgIpc) is 3.36. The number of aryl methyl sites for hydroxylation is 2. The standard InChI is InChI=1S/C19H16N4OS2/c1-12-6-3-4-7-14(12)18(24)22-17-10-20-13(2)23(17)19-21-15(11-26-19)16-8-5-9-25-16/h3-11H,1-2H3,(H,22,24). The Morgan fingerprint density at radius 2 is 1.96 bits per heavy atom. The minimum absolute atomic E-state index is 0.153. The normalized spacial score (nSPS) is 10.8. The molecule has 4 aromatic rings. The summed E-state index contributed by atoms with van der Waals surface area (Å²) >= 11 is 3.18. The van der Waals surface area contributed by atoms with E-state index >= 15 is 0 Å². The predicted molar refractivity (Wildman–Crippen MR) is 106 cm³/mol. The van der Waals surface area contributed by atoms with Crippen LogP contribution in [0.15, 0.2) is 53.4 Å². The summed E-state index contributed by atoms with van der Waals surface area (Å²) in [4.78, 5) is 22.8. The van der Waals surface area contributed by atoms with Crippen molar-refractivity contribution < 1.29 is 4.79 Å². The summed E-state index contributed by atoms with van der Waals surface area (Å²) in [6.07, 6.45) is 1.66. The Morgan fingerprint density at radius 3 is 2.73 bits per heavy atom. The molecule has 0 saturated heterocycles. The average molecular weight is 380 g/mol. The summed E-state index contributed by atoms with van der Waals surface area (Å²) < 4.78 is 1.87. The van der Waals surface area contributed by atoms with Gasteiger partial charge in [0.05, 0.1) is 16.8 Å². The first kappa shape index (κ1) is 16.7. The van der Waals surface area contributed by atoms with Gasteiger partial charge in [0, 0.05) is 10.9 Å². The zero-order chi connectivity index (χ0) is 18.1. The van der Waals surface area contributed by atoms with E-state index in [2.05, 4.69) is 10.3 Å². The molecule has 26 heavy (non-hydrogen) atoms. The fraction of sp³-hybridized carbons (Fsp3) is 0.105. The second kappa shape index (κ2) is 6.86. The van der Waals surface area contributed by atoms with Crippen LogP contribution in [0, 0.1) is 13.8 Å². The molecule has 5 nitrogen and oxygen atoms in total. The fourth-order valence-electron chi connectivity index (χ4n) is 2.69. The van der Waals surface area contributed by atoms with Crippen LogP contribution in [-0.2, 0) is 0 Å². The molecule has 0 fully saturated rings. The number of carbonyl (C=O) groups is 1. The van der Waals surface area contributed by atoms with Crippen molar-refractivity contribution in [2.75, 3.05) is 5.32 Å². The molecule has 0 aliphatic heterocycles. The molecule has 4 rings (SSSR count). The molecule has 0 bridgehead atoms. The molecular formula is C19H16N4OS2. The third kappa shape index (κ3) is 3.07. The van der Waals surface area contributed by atoms with Crippen molar-refractivity contribution in [3.63, 3.8) is 0 Å². The first-order chi connectivity index (χ1) is 12.6. The van der Waals surface area contributed by atoms with Crippen molar-refractivity contribution in [1.82, 2.24) is 14.5 Å². The van der Waals surface area contributed by atoms with E-state index in [9.17, 15) is 4.79 Å². The summed E-state index contributed by atoms with van der Waals surface area (Å²) in [5, 5.41) is 7.80. The monoisotopic (exact) mass is 380 g/mol. The van der Waals surface area contributed by atoms with Gasteiger partial charge in [-0.2, -0.15) is 0 Å². The molecule has 3 heterocycles. The van der Waals surface area contributed by atoms with Crippen molar-refractivity contribution in [1.29, 1.82) is 0 Å². The lowest BCUT2D eigenvalue weighted by Gasteiger charge is -2.10. The zero-order valence-electron chi connectivity index (χ0n) is 14.3. The third-order valence-corrected chi connectivity index (χ3v) is 5.74. The molecule has 0 saturated carbocycles. The molecule has 0 radical (unpaired) electrons. The lowest BCUT2D eigenvalue weighted by atomic mass is 10.1. The second-order valence-corrected chi connectivity index (χ2v) is 7.57. The van der Waals surface area contributed by atoms with Crippen LogP contribution >= 0.6 is 22.7 Å². The highest BCUT2D eigenvalue weighted by Gasteiger charge is 2.17. The lowest BCUT2D eigenvalue weighted by Crippen LogP contribution is -2.16. The van der Waals surface area contributed by atoms with E-state index in [0.29, 0.717) is 11.4 Å². The fourth-order valence-corrected chi connectivity index (χ4v) is 4.33. The maximum absolute atomic E-state index is 12.7. The van der Waals surface area contributed by atoms with Crippen molar-refractivity contribution in [3.8, 4) is 15.7 Å². The summed E-state index contributed by atoms with van der Waals surface area (Å²) in [5.41, 5.74) is 2.52. The van der Waals surface area contributed by atoms with Crippen LogP contribution in [0.3, 0.4) is 0 Å². The molecule has 7 heteroatoms. The topological polar surface area (TPSA) is 59.8 Å². The molecule has 1 amide bonds. The number of nitrogens with zero attached hydrogens (tertiary/aromatic N) is 3. The first-order valence-electron chi connectivity index (χ1n) is 8.04. The molecule has 0 aliphatic carbocycles. The van der Waals surface area contributed by atoms with Gasteiger partial charge in [-0.05, 0) is 36.9 Å². The Labute approximate surface area is 159 Å². The van der Waals surface area contributed by atoms with Gasteiger partial charge in [-0.25, -0.2) is 9.97 Å². The van der Waals surface area contributed by atoms with Crippen molar-refractivity contribution in [2.24, 2.45) is 0 Å². The van der Waals surface area contributed by atoms with E-state index in [1.54, 1.807) is 17.5 Å². The second-order valence-electron chi connectivity index (χ2n) is 5.79. The van der Waals surface area contributed by atoms with Crippen LogP contribution in [0.5, 0.6) is 0 Å². The van der Waals surface area contributed by atoms with Gasteiger partial charge >= 0.3 is 0 Å². The smallest absolute Gasteiger partial charge is 0.257 e. The molecule has 0 aliphatic rings. The van der Waals surface area contributed by atoms with Crippen molar-refractivity contribution in [2.45, 2.75) is 13.8 Å². The van der Waals surface area contributed by atoms with Crippen LogP contribution in [0.4, 0.5) is 5.82 Å². The number of hydrogen-bond acceptors (Lipinski definition) is 5. The number of thiazole rings is 1. The Balaban J connectivity index is 1.66. The quantitative estimate of drug-likeness (QED) is 0.546. The van der Waals surface area contributed by atoms with Crippen molar-refractivity contribution >= 4 is 34.4 Å². The van der Waals surface area contributed by atoms with Gasteiger partial charge < -0.3 is 5.32 Å². The highest BCUT2D eigenvalue weighted by atomic mass is 32.1. The largest absolute Gasteiger partial charge is 0.306 e. The number of rotatable bonds is 4. The van der Waals surface area contributed by atoms with E-state index < -0.39 is 0 Å². The Kier molecular flexibility index (Phi) is 4.40. The number of anilines is 1. The number of carbonyl (C=O) groups excluding carboxylic acids is 1. The van der Waals surface area contributed by atoms with E-state index in [4.69, 9.17) is 4.98 Å². The van der Waals surface area contributed by atoms with Gasteiger partial charge in [-0.15, -0.1) is 22.7 Å². The number of benzene rings is 1. The SMILES string of the molecule is Cc1ccccc1C(=O)Nc1cnc(C)n1-c1nc(-c2cccs2)cs1. The number of nitrogens with one attached hydrogen (secondary N) is 1. The van der Waals surface area contributed by atoms with Crippen LogP contribution in [0.25, 0.3) is 15.7 Å². The molecule has 0 unspecified atom stereocenters. The van der Waals surface area contributed by atoms with Crippen LogP contribution in [0.2, 0.25) is 0 Å². The van der Waals surface area contributed by atoms with Gasteiger partial charge in [0.25, 0.3) is 5.91 Å². The molecule has 1 N–H and O–H groups in total.